The lowest BCUT2D eigenvalue weighted by Gasteiger charge is -2.38. The normalized spacial score (nSPS) is 28.6. The van der Waals surface area contributed by atoms with Gasteiger partial charge >= 0.3 is 0 Å². The van der Waals surface area contributed by atoms with Gasteiger partial charge in [-0.05, 0) is 56.6 Å². The molecule has 1 saturated carbocycles. The van der Waals surface area contributed by atoms with Gasteiger partial charge in [0, 0.05) is 0 Å². The van der Waals surface area contributed by atoms with E-state index in [9.17, 15) is 4.79 Å². The SMILES string of the molecule is Cc1ccc2c(c1)C(=O)CC1(CCCC(C)(C)CC1)O2. The largest absolute Gasteiger partial charge is 0.486 e. The van der Waals surface area contributed by atoms with E-state index in [1.807, 2.05) is 25.1 Å². The second-order valence-electron chi connectivity index (χ2n) is 7.40. The Morgan fingerprint density at radius 1 is 1.10 bits per heavy atom. The van der Waals surface area contributed by atoms with Crippen molar-refractivity contribution >= 4 is 5.78 Å². The molecule has 20 heavy (non-hydrogen) atoms. The first kappa shape index (κ1) is 13.7. The van der Waals surface area contributed by atoms with E-state index in [1.165, 1.54) is 6.42 Å². The first-order valence-electron chi connectivity index (χ1n) is 7.72. The number of ether oxygens (including phenoxy) is 1. The van der Waals surface area contributed by atoms with Crippen LogP contribution in [0.25, 0.3) is 0 Å². The Hall–Kier alpha value is -1.31. The molecule has 0 bridgehead atoms. The van der Waals surface area contributed by atoms with Crippen molar-refractivity contribution in [3.63, 3.8) is 0 Å². The standard InChI is InChI=1S/C18H24O2/c1-13-5-6-16-14(11-13)15(19)12-18(20-16)8-4-7-17(2,3)9-10-18/h5-6,11H,4,7-10,12H2,1-3H3. The third kappa shape index (κ3) is 2.48. The molecular weight excluding hydrogens is 248 g/mol. The number of carbonyl (C=O) groups excluding carboxylic acids is 1. The van der Waals surface area contributed by atoms with E-state index in [-0.39, 0.29) is 11.4 Å². The molecule has 2 aliphatic rings. The number of carbonyl (C=O) groups is 1. The smallest absolute Gasteiger partial charge is 0.170 e. The lowest BCUT2D eigenvalue weighted by atomic mass is 9.81. The molecule has 1 aromatic rings. The van der Waals surface area contributed by atoms with Crippen LogP contribution in [0.2, 0.25) is 0 Å². The molecule has 1 unspecified atom stereocenters. The van der Waals surface area contributed by atoms with Gasteiger partial charge in [0.2, 0.25) is 0 Å². The van der Waals surface area contributed by atoms with Crippen LogP contribution >= 0.6 is 0 Å². The topological polar surface area (TPSA) is 26.3 Å². The molecule has 1 atom stereocenters. The monoisotopic (exact) mass is 272 g/mol. The highest BCUT2D eigenvalue weighted by molar-refractivity contribution is 6.00. The Morgan fingerprint density at radius 3 is 2.70 bits per heavy atom. The van der Waals surface area contributed by atoms with Crippen LogP contribution in [0, 0.1) is 12.3 Å². The Balaban J connectivity index is 1.90. The Morgan fingerprint density at radius 2 is 1.90 bits per heavy atom. The van der Waals surface area contributed by atoms with Gasteiger partial charge in [0.15, 0.2) is 5.78 Å². The van der Waals surface area contributed by atoms with Crippen molar-refractivity contribution < 1.29 is 9.53 Å². The van der Waals surface area contributed by atoms with E-state index < -0.39 is 0 Å². The average molecular weight is 272 g/mol. The Labute approximate surface area is 121 Å². The molecule has 1 aliphatic heterocycles. The maximum atomic E-state index is 12.5. The summed E-state index contributed by atoms with van der Waals surface area (Å²) in [4.78, 5) is 12.5. The van der Waals surface area contributed by atoms with E-state index >= 15 is 0 Å². The van der Waals surface area contributed by atoms with Gasteiger partial charge < -0.3 is 4.74 Å². The molecule has 108 valence electrons. The van der Waals surface area contributed by atoms with Crippen LogP contribution in [0.15, 0.2) is 18.2 Å². The molecular formula is C18H24O2. The van der Waals surface area contributed by atoms with Crippen LogP contribution < -0.4 is 4.74 Å². The maximum Gasteiger partial charge on any atom is 0.170 e. The van der Waals surface area contributed by atoms with Gasteiger partial charge in [-0.1, -0.05) is 25.5 Å². The van der Waals surface area contributed by atoms with Crippen LogP contribution in [-0.4, -0.2) is 11.4 Å². The minimum atomic E-state index is -0.243. The summed E-state index contributed by atoms with van der Waals surface area (Å²) in [7, 11) is 0. The summed E-state index contributed by atoms with van der Waals surface area (Å²) in [5.41, 5.74) is 2.04. The van der Waals surface area contributed by atoms with Crippen molar-refractivity contribution in [3.8, 4) is 5.75 Å². The van der Waals surface area contributed by atoms with Gasteiger partial charge in [-0.3, -0.25) is 4.79 Å². The highest BCUT2D eigenvalue weighted by Gasteiger charge is 2.42. The van der Waals surface area contributed by atoms with E-state index in [0.717, 1.165) is 42.6 Å². The highest BCUT2D eigenvalue weighted by Crippen LogP contribution is 2.45. The minimum Gasteiger partial charge on any atom is -0.486 e. The van der Waals surface area contributed by atoms with Crippen molar-refractivity contribution in [3.05, 3.63) is 29.3 Å². The van der Waals surface area contributed by atoms with Gasteiger partial charge in [0.05, 0.1) is 12.0 Å². The van der Waals surface area contributed by atoms with Crippen LogP contribution in [-0.2, 0) is 0 Å². The summed E-state index contributed by atoms with van der Waals surface area (Å²) in [5.74, 6) is 1.06. The van der Waals surface area contributed by atoms with Gasteiger partial charge in [-0.25, -0.2) is 0 Å². The third-order valence-corrected chi connectivity index (χ3v) is 4.99. The van der Waals surface area contributed by atoms with E-state index in [1.54, 1.807) is 0 Å². The lowest BCUT2D eigenvalue weighted by molar-refractivity contribution is 0.0277. The first-order valence-corrected chi connectivity index (χ1v) is 7.72. The molecule has 1 fully saturated rings. The highest BCUT2D eigenvalue weighted by atomic mass is 16.5. The molecule has 0 saturated heterocycles. The van der Waals surface area contributed by atoms with E-state index in [2.05, 4.69) is 13.8 Å². The number of hydrogen-bond donors (Lipinski definition) is 0. The zero-order valence-electron chi connectivity index (χ0n) is 12.8. The van der Waals surface area contributed by atoms with Crippen LogP contribution in [0.1, 0.15) is 68.3 Å². The fourth-order valence-electron chi connectivity index (χ4n) is 3.59. The van der Waals surface area contributed by atoms with E-state index in [4.69, 9.17) is 4.74 Å². The molecule has 0 amide bonds. The van der Waals surface area contributed by atoms with Gasteiger partial charge in [-0.2, -0.15) is 0 Å². The zero-order chi connectivity index (χ0) is 14.4. The number of aryl methyl sites for hydroxylation is 1. The predicted molar refractivity (Wildman–Crippen MR) is 80.4 cm³/mol. The summed E-state index contributed by atoms with van der Waals surface area (Å²) in [6.07, 6.45) is 6.09. The fourth-order valence-corrected chi connectivity index (χ4v) is 3.59. The van der Waals surface area contributed by atoms with Crippen molar-refractivity contribution in [2.24, 2.45) is 5.41 Å². The second kappa shape index (κ2) is 4.61. The van der Waals surface area contributed by atoms with Gasteiger partial charge in [-0.15, -0.1) is 0 Å². The molecule has 0 N–H and O–H groups in total. The van der Waals surface area contributed by atoms with Gasteiger partial charge in [0.1, 0.15) is 11.4 Å². The first-order chi connectivity index (χ1) is 9.39. The predicted octanol–water partition coefficient (Wildman–Crippen LogP) is 4.69. The van der Waals surface area contributed by atoms with E-state index in [0.29, 0.717) is 11.8 Å². The number of ketones is 1. The second-order valence-corrected chi connectivity index (χ2v) is 7.40. The lowest BCUT2D eigenvalue weighted by Crippen LogP contribution is -2.41. The van der Waals surface area contributed by atoms with Crippen molar-refractivity contribution in [1.82, 2.24) is 0 Å². The third-order valence-electron chi connectivity index (χ3n) is 4.99. The zero-order valence-corrected chi connectivity index (χ0v) is 12.8. The number of rotatable bonds is 0. The average Bonchev–Trinajstić information content (AvgIpc) is 2.51. The quantitative estimate of drug-likeness (QED) is 0.685. The molecule has 1 aromatic carbocycles. The van der Waals surface area contributed by atoms with Crippen molar-refractivity contribution in [1.29, 1.82) is 0 Å². The number of Topliss-reactive ketones (excluding diaryl/α,β-unsaturated/α-hetero) is 1. The summed E-state index contributed by atoms with van der Waals surface area (Å²) in [6, 6.07) is 5.97. The number of fused-ring (bicyclic) bond motifs is 1. The molecule has 0 radical (unpaired) electrons. The molecule has 1 heterocycles. The molecule has 1 aliphatic carbocycles. The summed E-state index contributed by atoms with van der Waals surface area (Å²) >= 11 is 0. The Kier molecular flexibility index (Phi) is 3.15. The summed E-state index contributed by atoms with van der Waals surface area (Å²) in [6.45, 7) is 6.67. The van der Waals surface area contributed by atoms with Crippen LogP contribution in [0.4, 0.5) is 0 Å². The number of hydrogen-bond acceptors (Lipinski definition) is 2. The van der Waals surface area contributed by atoms with Crippen molar-refractivity contribution in [2.45, 2.75) is 64.9 Å². The fraction of sp³-hybridized carbons (Fsp3) is 0.611. The van der Waals surface area contributed by atoms with Crippen LogP contribution in [0.5, 0.6) is 5.75 Å². The minimum absolute atomic E-state index is 0.243. The maximum absolute atomic E-state index is 12.5. The van der Waals surface area contributed by atoms with Crippen molar-refractivity contribution in [2.75, 3.05) is 0 Å². The Bertz CT molecular complexity index is 544. The number of benzene rings is 1. The molecule has 2 nitrogen and oxygen atoms in total. The molecule has 0 aromatic heterocycles. The van der Waals surface area contributed by atoms with Gasteiger partial charge in [0.25, 0.3) is 0 Å². The molecule has 3 rings (SSSR count). The van der Waals surface area contributed by atoms with Crippen LogP contribution in [0.3, 0.4) is 0 Å². The summed E-state index contributed by atoms with van der Waals surface area (Å²) < 4.78 is 6.34. The molecule has 1 spiro atoms. The summed E-state index contributed by atoms with van der Waals surface area (Å²) in [5, 5.41) is 0. The molecule has 2 heteroatoms.